The molecule has 2 rings (SSSR count). The smallest absolute Gasteiger partial charge is 0.320 e. The summed E-state index contributed by atoms with van der Waals surface area (Å²) in [7, 11) is 0. The summed E-state index contributed by atoms with van der Waals surface area (Å²) >= 11 is 0. The second-order valence-corrected chi connectivity index (χ2v) is 3.51. The molecule has 0 aliphatic carbocycles. The number of benzene rings is 1. The number of carbonyl (C=O) groups is 1. The van der Waals surface area contributed by atoms with Crippen molar-refractivity contribution in [2.75, 3.05) is 0 Å². The van der Waals surface area contributed by atoms with Gasteiger partial charge in [-0.2, -0.15) is 0 Å². The maximum Gasteiger partial charge on any atom is 0.320 e. The average molecular weight is 227 g/mol. The van der Waals surface area contributed by atoms with E-state index in [0.29, 0.717) is 6.42 Å². The van der Waals surface area contributed by atoms with Crippen molar-refractivity contribution in [3.63, 3.8) is 0 Å². The van der Waals surface area contributed by atoms with Gasteiger partial charge in [-0.1, -0.05) is 18.2 Å². The number of aromatic nitrogens is 1. The third-order valence-corrected chi connectivity index (χ3v) is 2.43. The number of H-pyrrole nitrogens is 1. The van der Waals surface area contributed by atoms with E-state index in [1.165, 1.54) is 0 Å². The van der Waals surface area contributed by atoms with Gasteiger partial charge in [0, 0.05) is 53.1 Å². The first-order valence-electron chi connectivity index (χ1n) is 4.72. The van der Waals surface area contributed by atoms with Crippen LogP contribution >= 0.6 is 0 Å². The predicted molar refractivity (Wildman–Crippen MR) is 63.4 cm³/mol. The molecule has 4 N–H and O–H groups in total. The average Bonchev–Trinajstić information content (AvgIpc) is 2.62. The van der Waals surface area contributed by atoms with Gasteiger partial charge in [-0.25, -0.2) is 0 Å². The molecule has 0 amide bonds. The Balaban J connectivity index is 0.00000128. The van der Waals surface area contributed by atoms with E-state index in [0.717, 1.165) is 16.5 Å². The van der Waals surface area contributed by atoms with E-state index >= 15 is 0 Å². The number of hydrogen-bond acceptors (Lipinski definition) is 2. The molecule has 4 nitrogen and oxygen atoms in total. The van der Waals surface area contributed by atoms with Crippen LogP contribution in [0.2, 0.25) is 0 Å². The molecule has 0 fully saturated rings. The van der Waals surface area contributed by atoms with E-state index in [1.807, 2.05) is 30.5 Å². The Bertz CT molecular complexity index is 495. The molecule has 2 aromatic rings. The van der Waals surface area contributed by atoms with Gasteiger partial charge < -0.3 is 15.8 Å². The summed E-state index contributed by atoms with van der Waals surface area (Å²) in [5.74, 6) is -0.972. The maximum absolute atomic E-state index is 10.6. The Labute approximate surface area is 115 Å². The van der Waals surface area contributed by atoms with E-state index in [9.17, 15) is 4.79 Å². The minimum Gasteiger partial charge on any atom is -0.480 e. The normalized spacial score (nSPS) is 12.1. The molecule has 0 aliphatic heterocycles. The zero-order valence-electron chi connectivity index (χ0n) is 9.10. The zero-order chi connectivity index (χ0) is 10.8. The van der Waals surface area contributed by atoms with Crippen LogP contribution in [0.1, 0.15) is 5.56 Å². The summed E-state index contributed by atoms with van der Waals surface area (Å²) in [5.41, 5.74) is 7.43. The molecular formula is C11H12N2NaO2. The number of aromatic amines is 1. The number of fused-ring (bicyclic) bond motifs is 1. The van der Waals surface area contributed by atoms with Crippen LogP contribution in [-0.2, 0) is 11.2 Å². The molecule has 1 aromatic heterocycles. The van der Waals surface area contributed by atoms with Crippen molar-refractivity contribution in [2.24, 2.45) is 5.73 Å². The van der Waals surface area contributed by atoms with Gasteiger partial charge in [0.25, 0.3) is 0 Å². The number of aliphatic carboxylic acids is 1. The molecule has 1 radical (unpaired) electrons. The summed E-state index contributed by atoms with van der Waals surface area (Å²) in [4.78, 5) is 13.7. The Hall–Kier alpha value is -0.810. The van der Waals surface area contributed by atoms with Crippen LogP contribution in [0.3, 0.4) is 0 Å². The topological polar surface area (TPSA) is 79.1 Å². The summed E-state index contributed by atoms with van der Waals surface area (Å²) < 4.78 is 0. The Morgan fingerprint density at radius 1 is 1.44 bits per heavy atom. The summed E-state index contributed by atoms with van der Waals surface area (Å²) in [6, 6.07) is 6.91. The van der Waals surface area contributed by atoms with E-state index in [1.54, 1.807) is 0 Å². The Morgan fingerprint density at radius 3 is 2.81 bits per heavy atom. The van der Waals surface area contributed by atoms with Crippen LogP contribution in [0, 0.1) is 0 Å². The van der Waals surface area contributed by atoms with Gasteiger partial charge in [-0.05, 0) is 11.6 Å². The van der Waals surface area contributed by atoms with Crippen molar-refractivity contribution in [3.05, 3.63) is 36.0 Å². The van der Waals surface area contributed by atoms with Gasteiger partial charge in [0.2, 0.25) is 0 Å². The molecule has 16 heavy (non-hydrogen) atoms. The third kappa shape index (κ3) is 2.65. The molecule has 0 saturated carbocycles. The number of carboxylic acid groups (broad SMARTS) is 1. The fraction of sp³-hybridized carbons (Fsp3) is 0.182. The summed E-state index contributed by atoms with van der Waals surface area (Å²) in [6.07, 6.45) is 2.16. The number of para-hydroxylation sites is 1. The van der Waals surface area contributed by atoms with Crippen LogP contribution in [0.25, 0.3) is 10.9 Å². The Kier molecular flexibility index (Phi) is 4.56. The number of nitrogens with one attached hydrogen (secondary N) is 1. The summed E-state index contributed by atoms with van der Waals surface area (Å²) in [6.45, 7) is 0. The molecule has 0 spiro atoms. The number of hydrogen-bond donors (Lipinski definition) is 3. The van der Waals surface area contributed by atoms with Crippen LogP contribution in [0.4, 0.5) is 0 Å². The van der Waals surface area contributed by atoms with E-state index in [4.69, 9.17) is 10.8 Å². The second-order valence-electron chi connectivity index (χ2n) is 3.51. The minimum atomic E-state index is -0.972. The van der Waals surface area contributed by atoms with Crippen molar-refractivity contribution >= 4 is 46.4 Å². The number of carboxylic acids is 1. The third-order valence-electron chi connectivity index (χ3n) is 2.43. The second kappa shape index (κ2) is 5.50. The van der Waals surface area contributed by atoms with Crippen molar-refractivity contribution in [2.45, 2.75) is 12.5 Å². The van der Waals surface area contributed by atoms with E-state index < -0.39 is 12.0 Å². The van der Waals surface area contributed by atoms with E-state index in [2.05, 4.69) is 4.98 Å². The fourth-order valence-electron chi connectivity index (χ4n) is 1.62. The summed E-state index contributed by atoms with van der Waals surface area (Å²) in [5, 5.41) is 9.75. The molecular weight excluding hydrogens is 215 g/mol. The first kappa shape index (κ1) is 13.3. The first-order chi connectivity index (χ1) is 7.18. The van der Waals surface area contributed by atoms with Gasteiger partial charge >= 0.3 is 5.97 Å². The molecule has 0 saturated heterocycles. The van der Waals surface area contributed by atoms with Crippen molar-refractivity contribution in [1.29, 1.82) is 0 Å². The molecule has 1 aromatic carbocycles. The predicted octanol–water partition coefficient (Wildman–Crippen LogP) is 0.742. The molecule has 79 valence electrons. The van der Waals surface area contributed by atoms with Gasteiger partial charge in [0.05, 0.1) is 0 Å². The van der Waals surface area contributed by atoms with Crippen molar-refractivity contribution in [3.8, 4) is 0 Å². The zero-order valence-corrected chi connectivity index (χ0v) is 11.1. The maximum atomic E-state index is 10.6. The monoisotopic (exact) mass is 227 g/mol. The van der Waals surface area contributed by atoms with Crippen LogP contribution in [0.15, 0.2) is 30.5 Å². The number of nitrogens with two attached hydrogens (primary N) is 1. The fourth-order valence-corrected chi connectivity index (χ4v) is 1.62. The van der Waals surface area contributed by atoms with Crippen LogP contribution < -0.4 is 5.73 Å². The molecule has 5 heteroatoms. The SMILES string of the molecule is N[C@H](Cc1c[nH]c2ccccc12)C(=O)O.[Na]. The minimum absolute atomic E-state index is 0. The standard InChI is InChI=1S/C11H12N2O2.Na/c12-9(11(14)15)5-7-6-13-10-4-2-1-3-8(7)10;/h1-4,6,9,13H,5,12H2,(H,14,15);/t9-;/m1./s1. The Morgan fingerprint density at radius 2 is 2.12 bits per heavy atom. The first-order valence-corrected chi connectivity index (χ1v) is 4.72. The van der Waals surface area contributed by atoms with E-state index in [-0.39, 0.29) is 29.6 Å². The van der Waals surface area contributed by atoms with Crippen molar-refractivity contribution < 1.29 is 9.90 Å². The van der Waals surface area contributed by atoms with Crippen LogP contribution in [0.5, 0.6) is 0 Å². The molecule has 0 unspecified atom stereocenters. The van der Waals surface area contributed by atoms with Crippen molar-refractivity contribution in [1.82, 2.24) is 4.98 Å². The molecule has 1 atom stereocenters. The van der Waals surface area contributed by atoms with Gasteiger partial charge in [0.1, 0.15) is 6.04 Å². The quantitative estimate of drug-likeness (QED) is 0.677. The largest absolute Gasteiger partial charge is 0.480 e. The van der Waals surface area contributed by atoms with Gasteiger partial charge in [0.15, 0.2) is 0 Å². The molecule has 0 bridgehead atoms. The van der Waals surface area contributed by atoms with Gasteiger partial charge in [-0.3, -0.25) is 4.79 Å². The van der Waals surface area contributed by atoms with Gasteiger partial charge in [-0.15, -0.1) is 0 Å². The van der Waals surface area contributed by atoms with Crippen LogP contribution in [-0.4, -0.2) is 51.7 Å². The molecule has 1 heterocycles. The molecule has 0 aliphatic rings. The number of rotatable bonds is 3.